The molecule has 1 atom stereocenters. The summed E-state index contributed by atoms with van der Waals surface area (Å²) in [7, 11) is 0. The normalized spacial score (nSPS) is 19.0. The van der Waals surface area contributed by atoms with Crippen LogP contribution in [0.5, 0.6) is 0 Å². The van der Waals surface area contributed by atoms with Crippen LogP contribution in [0.2, 0.25) is 0 Å². The summed E-state index contributed by atoms with van der Waals surface area (Å²) in [4.78, 5) is 18.8. The van der Waals surface area contributed by atoms with E-state index < -0.39 is 0 Å². The number of hydrogen-bond acceptors (Lipinski definition) is 2. The number of para-hydroxylation sites is 2. The smallest absolute Gasteiger partial charge is 0.243 e. The molecule has 1 amide bonds. The fourth-order valence-corrected chi connectivity index (χ4v) is 5.79. The Hall–Kier alpha value is -2.69. The molecule has 0 bridgehead atoms. The van der Waals surface area contributed by atoms with Gasteiger partial charge in [-0.2, -0.15) is 0 Å². The number of aryl methyl sites for hydroxylation is 1. The van der Waals surface area contributed by atoms with Gasteiger partial charge < -0.3 is 9.88 Å². The maximum atomic E-state index is 14.6. The predicted octanol–water partition coefficient (Wildman–Crippen LogP) is 6.72. The van der Waals surface area contributed by atoms with E-state index in [2.05, 4.69) is 9.88 Å². The van der Waals surface area contributed by atoms with E-state index in [4.69, 9.17) is 4.98 Å². The molecule has 0 spiro atoms. The predicted molar refractivity (Wildman–Crippen MR) is 130 cm³/mol. The highest BCUT2D eigenvalue weighted by atomic mass is 19.1. The Kier molecular flexibility index (Phi) is 6.48. The molecule has 1 unspecified atom stereocenters. The van der Waals surface area contributed by atoms with Gasteiger partial charge >= 0.3 is 0 Å². The lowest BCUT2D eigenvalue weighted by molar-refractivity contribution is -0.127. The van der Waals surface area contributed by atoms with Crippen LogP contribution in [0.3, 0.4) is 0 Å². The lowest BCUT2D eigenvalue weighted by atomic mass is 9.82. The van der Waals surface area contributed by atoms with Crippen molar-refractivity contribution >= 4 is 16.9 Å². The summed E-state index contributed by atoms with van der Waals surface area (Å²) in [5, 5.41) is 3.41. The van der Waals surface area contributed by atoms with Gasteiger partial charge in [-0.05, 0) is 62.3 Å². The van der Waals surface area contributed by atoms with Gasteiger partial charge in [-0.1, -0.05) is 62.8 Å². The number of benzene rings is 2. The second-order valence-corrected chi connectivity index (χ2v) is 9.94. The molecular weight excluding hydrogens is 413 g/mol. The van der Waals surface area contributed by atoms with Crippen molar-refractivity contribution in [1.29, 1.82) is 0 Å². The molecule has 1 heterocycles. The van der Waals surface area contributed by atoms with Crippen molar-refractivity contribution in [2.45, 2.75) is 83.2 Å². The summed E-state index contributed by atoms with van der Waals surface area (Å²) in [5.41, 5.74) is 3.13. The van der Waals surface area contributed by atoms with Crippen molar-refractivity contribution in [3.05, 3.63) is 53.8 Å². The first-order valence-corrected chi connectivity index (χ1v) is 12.7. The van der Waals surface area contributed by atoms with E-state index in [1.165, 1.54) is 25.7 Å². The Morgan fingerprint density at radius 2 is 1.70 bits per heavy atom. The maximum Gasteiger partial charge on any atom is 0.243 e. The standard InChI is InChI=1S/C28H34FN3O/c1-19-16-17-21(18-23(19)29)27-31-24-14-8-9-15-25(24)32(27)26(20-10-4-2-5-11-20)28(33)30-22-12-6-3-7-13-22/h8-9,14-18,20,22,26H,2-7,10-13H2,1H3,(H,30,33). The molecule has 2 saturated carbocycles. The SMILES string of the molecule is Cc1ccc(-c2nc3ccccc3n2C(C(=O)NC2CCCCC2)C2CCCCC2)cc1F. The van der Waals surface area contributed by atoms with Crippen LogP contribution in [0.4, 0.5) is 4.39 Å². The second kappa shape index (κ2) is 9.66. The van der Waals surface area contributed by atoms with Gasteiger partial charge in [0.2, 0.25) is 5.91 Å². The second-order valence-electron chi connectivity index (χ2n) is 9.94. The zero-order valence-electron chi connectivity index (χ0n) is 19.5. The number of fused-ring (bicyclic) bond motifs is 1. The Bertz CT molecular complexity index is 1130. The van der Waals surface area contributed by atoms with Crippen LogP contribution in [0.15, 0.2) is 42.5 Å². The summed E-state index contributed by atoms with van der Waals surface area (Å²) in [6, 6.07) is 13.2. The van der Waals surface area contributed by atoms with Crippen LogP contribution in [0.1, 0.15) is 75.8 Å². The average molecular weight is 448 g/mol. The van der Waals surface area contributed by atoms with Crippen LogP contribution in [0, 0.1) is 18.7 Å². The van der Waals surface area contributed by atoms with Crippen LogP contribution in [0.25, 0.3) is 22.4 Å². The first kappa shape index (κ1) is 22.1. The minimum absolute atomic E-state index is 0.103. The van der Waals surface area contributed by atoms with Gasteiger partial charge in [0.25, 0.3) is 0 Å². The van der Waals surface area contributed by atoms with Crippen LogP contribution >= 0.6 is 0 Å². The minimum atomic E-state index is -0.334. The molecule has 0 aliphatic heterocycles. The van der Waals surface area contributed by atoms with E-state index >= 15 is 0 Å². The molecule has 2 aliphatic rings. The topological polar surface area (TPSA) is 46.9 Å². The number of hydrogen-bond donors (Lipinski definition) is 1. The molecule has 0 saturated heterocycles. The molecule has 1 N–H and O–H groups in total. The number of amides is 1. The molecule has 174 valence electrons. The maximum absolute atomic E-state index is 14.6. The number of aromatic nitrogens is 2. The number of nitrogens with one attached hydrogen (secondary N) is 1. The number of carbonyl (C=O) groups excluding carboxylic acids is 1. The molecule has 5 heteroatoms. The number of halogens is 1. The van der Waals surface area contributed by atoms with Crippen LogP contribution in [-0.4, -0.2) is 21.5 Å². The number of rotatable bonds is 5. The van der Waals surface area contributed by atoms with E-state index in [0.29, 0.717) is 11.4 Å². The molecule has 2 fully saturated rings. The van der Waals surface area contributed by atoms with Crippen LogP contribution in [-0.2, 0) is 4.79 Å². The van der Waals surface area contributed by atoms with Crippen molar-refractivity contribution in [2.24, 2.45) is 5.92 Å². The van der Waals surface area contributed by atoms with Gasteiger partial charge in [-0.3, -0.25) is 4.79 Å². The van der Waals surface area contributed by atoms with Gasteiger partial charge in [-0.25, -0.2) is 9.37 Å². The summed E-state index contributed by atoms with van der Waals surface area (Å²) in [6.45, 7) is 1.77. The van der Waals surface area contributed by atoms with Crippen molar-refractivity contribution < 1.29 is 9.18 Å². The molecule has 3 aromatic rings. The quantitative estimate of drug-likeness (QED) is 0.472. The van der Waals surface area contributed by atoms with Gasteiger partial charge in [0.1, 0.15) is 17.7 Å². The first-order chi connectivity index (χ1) is 16.1. The highest BCUT2D eigenvalue weighted by Gasteiger charge is 2.35. The van der Waals surface area contributed by atoms with Gasteiger partial charge in [-0.15, -0.1) is 0 Å². The zero-order valence-corrected chi connectivity index (χ0v) is 19.5. The molecular formula is C28H34FN3O. The zero-order chi connectivity index (χ0) is 22.8. The molecule has 2 aliphatic carbocycles. The third kappa shape index (κ3) is 4.55. The van der Waals surface area contributed by atoms with Crippen LogP contribution < -0.4 is 5.32 Å². The molecule has 2 aromatic carbocycles. The fourth-order valence-electron chi connectivity index (χ4n) is 5.79. The number of nitrogens with zero attached hydrogens (tertiary/aromatic N) is 2. The van der Waals surface area contributed by atoms with Gasteiger partial charge in [0.05, 0.1) is 11.0 Å². The highest BCUT2D eigenvalue weighted by molar-refractivity contribution is 5.87. The fraction of sp³-hybridized carbons (Fsp3) is 0.500. The minimum Gasteiger partial charge on any atom is -0.352 e. The van der Waals surface area contributed by atoms with Gasteiger partial charge in [0.15, 0.2) is 0 Å². The number of carbonyl (C=O) groups is 1. The Morgan fingerprint density at radius 3 is 2.42 bits per heavy atom. The summed E-state index contributed by atoms with van der Waals surface area (Å²) in [5.74, 6) is 0.802. The Labute approximate surface area is 195 Å². The molecule has 0 radical (unpaired) electrons. The van der Waals surface area contributed by atoms with Crippen molar-refractivity contribution in [1.82, 2.24) is 14.9 Å². The van der Waals surface area contributed by atoms with E-state index in [0.717, 1.165) is 55.1 Å². The largest absolute Gasteiger partial charge is 0.352 e. The summed E-state index contributed by atoms with van der Waals surface area (Å²) >= 11 is 0. The third-order valence-corrected chi connectivity index (χ3v) is 7.62. The average Bonchev–Trinajstić information content (AvgIpc) is 3.22. The highest BCUT2D eigenvalue weighted by Crippen LogP contribution is 2.38. The lowest BCUT2D eigenvalue weighted by Crippen LogP contribution is -2.43. The molecule has 4 nitrogen and oxygen atoms in total. The van der Waals surface area contributed by atoms with E-state index in [-0.39, 0.29) is 29.7 Å². The van der Waals surface area contributed by atoms with Gasteiger partial charge in [0, 0.05) is 11.6 Å². The summed E-state index contributed by atoms with van der Waals surface area (Å²) < 4.78 is 16.7. The molecule has 33 heavy (non-hydrogen) atoms. The van der Waals surface area contributed by atoms with E-state index in [1.807, 2.05) is 30.3 Å². The molecule has 5 rings (SSSR count). The Morgan fingerprint density at radius 1 is 1.00 bits per heavy atom. The van der Waals surface area contributed by atoms with Crippen molar-refractivity contribution in [3.63, 3.8) is 0 Å². The summed E-state index contributed by atoms with van der Waals surface area (Å²) in [6.07, 6.45) is 11.4. The van der Waals surface area contributed by atoms with Crippen molar-refractivity contribution in [3.8, 4) is 11.4 Å². The lowest BCUT2D eigenvalue weighted by Gasteiger charge is -2.33. The first-order valence-electron chi connectivity index (χ1n) is 12.7. The monoisotopic (exact) mass is 447 g/mol. The van der Waals surface area contributed by atoms with E-state index in [9.17, 15) is 9.18 Å². The van der Waals surface area contributed by atoms with E-state index in [1.54, 1.807) is 19.1 Å². The number of imidazole rings is 1. The van der Waals surface area contributed by atoms with Crippen molar-refractivity contribution in [2.75, 3.05) is 0 Å². The molecule has 1 aromatic heterocycles. The Balaban J connectivity index is 1.62. The third-order valence-electron chi connectivity index (χ3n) is 7.62.